The maximum atomic E-state index is 14.4. The SMILES string of the molecule is CON=Cc1c(N)ncnc1Oc1ccc2[nH]ccc2c1F. The summed E-state index contributed by atoms with van der Waals surface area (Å²) in [6, 6.07) is 4.84. The van der Waals surface area contributed by atoms with Crippen LogP contribution in [0.15, 0.2) is 35.9 Å². The molecular formula is C14H12FN5O2. The Bertz CT molecular complexity index is 846. The van der Waals surface area contributed by atoms with E-state index in [1.165, 1.54) is 25.7 Å². The fraction of sp³-hybridized carbons (Fsp3) is 0.0714. The summed E-state index contributed by atoms with van der Waals surface area (Å²) in [4.78, 5) is 15.3. The lowest BCUT2D eigenvalue weighted by Gasteiger charge is -2.09. The van der Waals surface area contributed by atoms with Gasteiger partial charge in [-0.15, -0.1) is 0 Å². The molecule has 0 bridgehead atoms. The van der Waals surface area contributed by atoms with Gasteiger partial charge in [-0.25, -0.2) is 14.4 Å². The molecule has 0 radical (unpaired) electrons. The Morgan fingerprint density at radius 3 is 3.00 bits per heavy atom. The van der Waals surface area contributed by atoms with Gasteiger partial charge in [0.1, 0.15) is 24.8 Å². The average Bonchev–Trinajstić information content (AvgIpc) is 2.99. The number of rotatable bonds is 4. The molecule has 0 spiro atoms. The topological polar surface area (TPSA) is 98.4 Å². The summed E-state index contributed by atoms with van der Waals surface area (Å²) in [5, 5.41) is 4.03. The van der Waals surface area contributed by atoms with E-state index in [1.807, 2.05) is 0 Å². The van der Waals surface area contributed by atoms with E-state index in [9.17, 15) is 4.39 Å². The van der Waals surface area contributed by atoms with E-state index in [2.05, 4.69) is 24.9 Å². The zero-order valence-electron chi connectivity index (χ0n) is 11.6. The number of nitrogens with one attached hydrogen (secondary N) is 1. The minimum absolute atomic E-state index is 0.0252. The number of nitrogens with zero attached hydrogens (tertiary/aromatic N) is 3. The first-order valence-electron chi connectivity index (χ1n) is 6.31. The number of H-pyrrole nitrogens is 1. The van der Waals surface area contributed by atoms with Crippen molar-refractivity contribution in [2.24, 2.45) is 5.16 Å². The number of aromatic nitrogens is 3. The van der Waals surface area contributed by atoms with Gasteiger partial charge in [0.15, 0.2) is 11.6 Å². The zero-order valence-corrected chi connectivity index (χ0v) is 11.6. The summed E-state index contributed by atoms with van der Waals surface area (Å²) < 4.78 is 19.9. The van der Waals surface area contributed by atoms with E-state index in [0.717, 1.165) is 0 Å². The van der Waals surface area contributed by atoms with Crippen molar-refractivity contribution in [2.45, 2.75) is 0 Å². The van der Waals surface area contributed by atoms with Gasteiger partial charge in [-0.1, -0.05) is 5.16 Å². The molecule has 0 aliphatic heterocycles. The number of hydrogen-bond donors (Lipinski definition) is 2. The Kier molecular flexibility index (Phi) is 3.57. The van der Waals surface area contributed by atoms with Crippen molar-refractivity contribution in [3.63, 3.8) is 0 Å². The third kappa shape index (κ3) is 2.41. The third-order valence-corrected chi connectivity index (χ3v) is 3.01. The molecule has 112 valence electrons. The number of anilines is 1. The van der Waals surface area contributed by atoms with Crippen LogP contribution in [-0.2, 0) is 4.84 Å². The second-order valence-corrected chi connectivity index (χ2v) is 4.31. The maximum Gasteiger partial charge on any atom is 0.233 e. The molecule has 0 atom stereocenters. The number of nitrogens with two attached hydrogens (primary N) is 1. The molecule has 2 heterocycles. The molecule has 0 amide bonds. The highest BCUT2D eigenvalue weighted by Crippen LogP contribution is 2.30. The number of ether oxygens (including phenoxy) is 1. The standard InChI is InChI=1S/C14H12FN5O2/c1-21-20-6-9-13(16)18-7-19-14(9)22-11-3-2-10-8(12(11)15)4-5-17-10/h2-7,17H,1H3,(H2,16,18,19). The molecule has 7 nitrogen and oxygen atoms in total. The van der Waals surface area contributed by atoms with Crippen molar-refractivity contribution in [1.82, 2.24) is 15.0 Å². The predicted molar refractivity (Wildman–Crippen MR) is 79.4 cm³/mol. The molecule has 22 heavy (non-hydrogen) atoms. The zero-order chi connectivity index (χ0) is 15.5. The van der Waals surface area contributed by atoms with Crippen LogP contribution in [0.1, 0.15) is 5.56 Å². The lowest BCUT2D eigenvalue weighted by Crippen LogP contribution is -2.03. The molecule has 0 saturated carbocycles. The van der Waals surface area contributed by atoms with Crippen LogP contribution in [0.4, 0.5) is 10.2 Å². The fourth-order valence-electron chi connectivity index (χ4n) is 1.96. The summed E-state index contributed by atoms with van der Waals surface area (Å²) in [5.74, 6) is -0.237. The molecule has 0 aliphatic rings. The van der Waals surface area contributed by atoms with Gasteiger partial charge in [0.2, 0.25) is 5.88 Å². The lowest BCUT2D eigenvalue weighted by molar-refractivity contribution is 0.215. The summed E-state index contributed by atoms with van der Waals surface area (Å²) in [6.45, 7) is 0. The first-order chi connectivity index (χ1) is 10.7. The number of fused-ring (bicyclic) bond motifs is 1. The Balaban J connectivity index is 2.03. The highest BCUT2D eigenvalue weighted by Gasteiger charge is 2.14. The van der Waals surface area contributed by atoms with Crippen LogP contribution >= 0.6 is 0 Å². The van der Waals surface area contributed by atoms with Gasteiger partial charge in [-0.3, -0.25) is 0 Å². The number of halogens is 1. The minimum atomic E-state index is -0.495. The summed E-state index contributed by atoms with van der Waals surface area (Å²) in [6.07, 6.45) is 4.18. The van der Waals surface area contributed by atoms with Crippen LogP contribution in [0.3, 0.4) is 0 Å². The van der Waals surface area contributed by atoms with Gasteiger partial charge < -0.3 is 20.3 Å². The molecule has 1 aromatic carbocycles. The number of aromatic amines is 1. The monoisotopic (exact) mass is 301 g/mol. The number of hydrogen-bond acceptors (Lipinski definition) is 6. The quantitative estimate of drug-likeness (QED) is 0.569. The van der Waals surface area contributed by atoms with Crippen molar-refractivity contribution in [2.75, 3.05) is 12.8 Å². The molecule has 0 unspecified atom stereocenters. The molecule has 3 rings (SSSR count). The average molecular weight is 301 g/mol. The summed E-state index contributed by atoms with van der Waals surface area (Å²) in [7, 11) is 1.39. The van der Waals surface area contributed by atoms with Crippen LogP contribution in [0.2, 0.25) is 0 Å². The first kappa shape index (κ1) is 13.8. The van der Waals surface area contributed by atoms with Gasteiger partial charge in [0, 0.05) is 17.1 Å². The Morgan fingerprint density at radius 2 is 2.18 bits per heavy atom. The van der Waals surface area contributed by atoms with E-state index in [1.54, 1.807) is 18.3 Å². The van der Waals surface area contributed by atoms with Gasteiger partial charge in [-0.2, -0.15) is 0 Å². The molecule has 0 fully saturated rings. The van der Waals surface area contributed by atoms with Crippen LogP contribution in [0.5, 0.6) is 11.6 Å². The highest BCUT2D eigenvalue weighted by molar-refractivity contribution is 5.88. The molecule has 0 saturated heterocycles. The second-order valence-electron chi connectivity index (χ2n) is 4.31. The normalized spacial score (nSPS) is 11.2. The fourth-order valence-corrected chi connectivity index (χ4v) is 1.96. The number of oxime groups is 1. The molecule has 3 aromatic rings. The van der Waals surface area contributed by atoms with E-state index >= 15 is 0 Å². The number of nitrogen functional groups attached to an aromatic ring is 1. The summed E-state index contributed by atoms with van der Waals surface area (Å²) in [5.41, 5.74) is 6.73. The van der Waals surface area contributed by atoms with E-state index in [4.69, 9.17) is 10.5 Å². The number of benzene rings is 1. The van der Waals surface area contributed by atoms with Crippen molar-refractivity contribution in [1.29, 1.82) is 0 Å². The van der Waals surface area contributed by atoms with E-state index in [0.29, 0.717) is 16.5 Å². The molecular weight excluding hydrogens is 289 g/mol. The highest BCUT2D eigenvalue weighted by atomic mass is 19.1. The van der Waals surface area contributed by atoms with Crippen LogP contribution in [0.25, 0.3) is 10.9 Å². The van der Waals surface area contributed by atoms with Crippen molar-refractivity contribution < 1.29 is 14.0 Å². The van der Waals surface area contributed by atoms with Crippen LogP contribution in [-0.4, -0.2) is 28.3 Å². The second kappa shape index (κ2) is 5.68. The smallest absolute Gasteiger partial charge is 0.233 e. The third-order valence-electron chi connectivity index (χ3n) is 3.01. The van der Waals surface area contributed by atoms with E-state index < -0.39 is 5.82 Å². The largest absolute Gasteiger partial charge is 0.435 e. The molecule has 3 N–H and O–H groups in total. The van der Waals surface area contributed by atoms with Crippen LogP contribution in [0, 0.1) is 5.82 Å². The first-order valence-corrected chi connectivity index (χ1v) is 6.31. The molecule has 2 aromatic heterocycles. The molecule has 8 heteroatoms. The Hall–Kier alpha value is -3.16. The maximum absolute atomic E-state index is 14.4. The van der Waals surface area contributed by atoms with E-state index in [-0.39, 0.29) is 17.4 Å². The van der Waals surface area contributed by atoms with Crippen molar-refractivity contribution >= 4 is 22.9 Å². The Labute approximate surface area is 124 Å². The molecule has 0 aliphatic carbocycles. The lowest BCUT2D eigenvalue weighted by atomic mass is 10.2. The van der Waals surface area contributed by atoms with Gasteiger partial charge in [0.05, 0.1) is 6.21 Å². The van der Waals surface area contributed by atoms with Crippen LogP contribution < -0.4 is 10.5 Å². The minimum Gasteiger partial charge on any atom is -0.435 e. The van der Waals surface area contributed by atoms with Crippen molar-refractivity contribution in [3.05, 3.63) is 42.1 Å². The van der Waals surface area contributed by atoms with Gasteiger partial charge >= 0.3 is 0 Å². The van der Waals surface area contributed by atoms with Crippen molar-refractivity contribution in [3.8, 4) is 11.6 Å². The summed E-state index contributed by atoms with van der Waals surface area (Å²) >= 11 is 0. The van der Waals surface area contributed by atoms with Gasteiger partial charge in [-0.05, 0) is 18.2 Å². The predicted octanol–water partition coefficient (Wildman–Crippen LogP) is 2.45. The Morgan fingerprint density at radius 1 is 1.32 bits per heavy atom. The van der Waals surface area contributed by atoms with Gasteiger partial charge in [0.25, 0.3) is 0 Å².